The molecule has 3 aromatic rings. The van der Waals surface area contributed by atoms with E-state index in [1.165, 1.54) is 0 Å². The quantitative estimate of drug-likeness (QED) is 0.183. The van der Waals surface area contributed by atoms with Gasteiger partial charge in [0.1, 0.15) is 11.6 Å². The smallest absolute Gasteiger partial charge is 0.257 e. The molecule has 190 valence electrons. The van der Waals surface area contributed by atoms with Gasteiger partial charge in [0.15, 0.2) is 0 Å². The van der Waals surface area contributed by atoms with Crippen LogP contribution in [0, 0.1) is 6.92 Å². The van der Waals surface area contributed by atoms with Crippen molar-refractivity contribution in [1.29, 1.82) is 0 Å². The molecule has 1 atom stereocenters. The average molecular weight is 496 g/mol. The summed E-state index contributed by atoms with van der Waals surface area (Å²) in [5.41, 5.74) is 11.3. The molecule has 1 heterocycles. The van der Waals surface area contributed by atoms with Gasteiger partial charge in [0.25, 0.3) is 5.91 Å². The number of allylic oxidation sites excluding steroid dienone is 4. The Balaban J connectivity index is 1.81. The van der Waals surface area contributed by atoms with Crippen LogP contribution in [-0.2, 0) is 0 Å². The molecule has 1 aromatic heterocycles. The van der Waals surface area contributed by atoms with Crippen molar-refractivity contribution in [3.63, 3.8) is 0 Å². The average Bonchev–Trinajstić information content (AvgIpc) is 2.90. The molecule has 0 aliphatic heterocycles. The summed E-state index contributed by atoms with van der Waals surface area (Å²) in [5, 5.41) is 6.41. The first-order valence-corrected chi connectivity index (χ1v) is 11.9. The molecule has 0 aliphatic carbocycles. The van der Waals surface area contributed by atoms with E-state index in [0.29, 0.717) is 28.5 Å². The van der Waals surface area contributed by atoms with Gasteiger partial charge in [-0.3, -0.25) is 9.78 Å². The number of nitrogens with two attached hydrogens (primary N) is 1. The Hall–Kier alpha value is -4.65. The number of carbonyl (C=O) groups is 1. The minimum Gasteiger partial charge on any atom is -0.495 e. The highest BCUT2D eigenvalue weighted by Crippen LogP contribution is 2.24. The van der Waals surface area contributed by atoms with E-state index in [-0.39, 0.29) is 11.9 Å². The maximum Gasteiger partial charge on any atom is 0.257 e. The largest absolute Gasteiger partial charge is 0.495 e. The van der Waals surface area contributed by atoms with Crippen LogP contribution < -0.4 is 21.1 Å². The van der Waals surface area contributed by atoms with Crippen LogP contribution in [0.3, 0.4) is 0 Å². The van der Waals surface area contributed by atoms with Gasteiger partial charge in [0.05, 0.1) is 30.1 Å². The summed E-state index contributed by atoms with van der Waals surface area (Å²) in [5.74, 6) is 1.07. The molecule has 0 bridgehead atoms. The first kappa shape index (κ1) is 26.9. The molecule has 0 aliphatic rings. The van der Waals surface area contributed by atoms with Gasteiger partial charge in [-0.2, -0.15) is 0 Å². The Morgan fingerprint density at radius 1 is 1.16 bits per heavy atom. The van der Waals surface area contributed by atoms with Crippen molar-refractivity contribution in [3.05, 3.63) is 120 Å². The standard InChI is InChI=1S/C30H33N5O2/c1-6-8-12-27(23-13-14-26(31)28(17-23)37-5)35-29(7-2)33-21(4)22-10-9-11-25(16-22)34-30(36)24-15-20(3)18-32-19-24/h6-19,21,33H,1,31H2,2-5H3,(H,34,36)/b12-8+,29-7-,35-27+/t21-/m0/s1. The molecule has 37 heavy (non-hydrogen) atoms. The lowest BCUT2D eigenvalue weighted by Gasteiger charge is -2.18. The number of amides is 1. The van der Waals surface area contributed by atoms with Gasteiger partial charge in [-0.15, -0.1) is 0 Å². The fourth-order valence-corrected chi connectivity index (χ4v) is 3.61. The van der Waals surface area contributed by atoms with E-state index in [1.807, 2.05) is 81.5 Å². The molecule has 0 spiro atoms. The number of rotatable bonds is 10. The highest BCUT2D eigenvalue weighted by molar-refractivity contribution is 6.09. The summed E-state index contributed by atoms with van der Waals surface area (Å²) in [6.07, 6.45) is 10.6. The molecule has 4 N–H and O–H groups in total. The van der Waals surface area contributed by atoms with Crippen LogP contribution in [0.15, 0.2) is 103 Å². The molecule has 0 saturated heterocycles. The predicted molar refractivity (Wildman–Crippen MR) is 152 cm³/mol. The summed E-state index contributed by atoms with van der Waals surface area (Å²) < 4.78 is 5.38. The fourth-order valence-electron chi connectivity index (χ4n) is 3.61. The normalized spacial score (nSPS) is 12.8. The van der Waals surface area contributed by atoms with Gasteiger partial charge in [0, 0.05) is 23.6 Å². The number of methoxy groups -OCH3 is 1. The van der Waals surface area contributed by atoms with Crippen molar-refractivity contribution in [1.82, 2.24) is 10.3 Å². The van der Waals surface area contributed by atoms with Gasteiger partial charge in [-0.1, -0.05) is 36.9 Å². The Bertz CT molecular complexity index is 1360. The summed E-state index contributed by atoms with van der Waals surface area (Å²) in [6, 6.07) is 15.0. The second-order valence-corrected chi connectivity index (χ2v) is 8.42. The van der Waals surface area contributed by atoms with E-state index in [0.717, 1.165) is 22.4 Å². The number of aryl methyl sites for hydroxylation is 1. The van der Waals surface area contributed by atoms with Crippen molar-refractivity contribution in [2.24, 2.45) is 4.99 Å². The first-order valence-electron chi connectivity index (χ1n) is 11.9. The van der Waals surface area contributed by atoms with E-state index in [1.54, 1.807) is 31.6 Å². The Kier molecular flexibility index (Phi) is 9.38. The molecule has 0 fully saturated rings. The lowest BCUT2D eigenvalue weighted by atomic mass is 10.1. The second-order valence-electron chi connectivity index (χ2n) is 8.42. The van der Waals surface area contributed by atoms with E-state index in [4.69, 9.17) is 15.5 Å². The van der Waals surface area contributed by atoms with Gasteiger partial charge < -0.3 is 21.1 Å². The third kappa shape index (κ3) is 7.41. The van der Waals surface area contributed by atoms with Gasteiger partial charge in [0.2, 0.25) is 0 Å². The molecule has 0 unspecified atom stereocenters. The van der Waals surface area contributed by atoms with Gasteiger partial charge in [-0.25, -0.2) is 4.99 Å². The summed E-state index contributed by atoms with van der Waals surface area (Å²) in [4.78, 5) is 21.6. The van der Waals surface area contributed by atoms with E-state index in [9.17, 15) is 4.79 Å². The van der Waals surface area contributed by atoms with Gasteiger partial charge in [-0.05, 0) is 74.4 Å². The van der Waals surface area contributed by atoms with Crippen molar-refractivity contribution in [2.75, 3.05) is 18.2 Å². The first-order chi connectivity index (χ1) is 17.8. The molecule has 7 nitrogen and oxygen atoms in total. The number of anilines is 2. The van der Waals surface area contributed by atoms with E-state index in [2.05, 4.69) is 22.2 Å². The number of nitrogens with zero attached hydrogens (tertiary/aromatic N) is 2. The third-order valence-corrected chi connectivity index (χ3v) is 5.58. The molecule has 3 rings (SSSR count). The molecular formula is C30H33N5O2. The number of ether oxygens (including phenoxy) is 1. The molecule has 1 amide bonds. The second kappa shape index (κ2) is 12.9. The Morgan fingerprint density at radius 3 is 2.68 bits per heavy atom. The topological polar surface area (TPSA) is 102 Å². The van der Waals surface area contributed by atoms with Crippen LogP contribution in [-0.4, -0.2) is 23.7 Å². The maximum atomic E-state index is 12.7. The number of hydrogen-bond donors (Lipinski definition) is 3. The number of pyridine rings is 1. The van der Waals surface area contributed by atoms with Crippen LogP contribution in [0.4, 0.5) is 11.4 Å². The number of carbonyl (C=O) groups excluding carboxylic acids is 1. The van der Waals surface area contributed by atoms with Crippen molar-refractivity contribution < 1.29 is 9.53 Å². The zero-order chi connectivity index (χ0) is 26.8. The number of hydrogen-bond acceptors (Lipinski definition) is 6. The maximum absolute atomic E-state index is 12.7. The van der Waals surface area contributed by atoms with Crippen molar-refractivity contribution >= 4 is 23.0 Å². The predicted octanol–water partition coefficient (Wildman–Crippen LogP) is 5.98. The zero-order valence-electron chi connectivity index (χ0n) is 21.7. The van der Waals surface area contributed by atoms with Crippen LogP contribution in [0.1, 0.15) is 46.9 Å². The molecule has 0 saturated carbocycles. The highest BCUT2D eigenvalue weighted by atomic mass is 16.5. The monoisotopic (exact) mass is 495 g/mol. The lowest BCUT2D eigenvalue weighted by Crippen LogP contribution is -2.19. The number of nitrogens with one attached hydrogen (secondary N) is 2. The number of aromatic nitrogens is 1. The molecular weight excluding hydrogens is 462 g/mol. The van der Waals surface area contributed by atoms with Crippen molar-refractivity contribution in [3.8, 4) is 5.75 Å². The van der Waals surface area contributed by atoms with E-state index >= 15 is 0 Å². The number of benzene rings is 2. The summed E-state index contributed by atoms with van der Waals surface area (Å²) in [6.45, 7) is 9.63. The minimum atomic E-state index is -0.203. The number of nitrogen functional groups attached to an aromatic ring is 1. The SMILES string of the molecule is C=C/C=C/C(=N\C(=C/C)N[C@@H](C)c1cccc(NC(=O)c2cncc(C)c2)c1)c1ccc(N)c(OC)c1. The zero-order valence-corrected chi connectivity index (χ0v) is 21.7. The fraction of sp³-hybridized carbons (Fsp3) is 0.167. The van der Waals surface area contributed by atoms with E-state index < -0.39 is 0 Å². The van der Waals surface area contributed by atoms with Crippen molar-refractivity contribution in [2.45, 2.75) is 26.8 Å². The molecule has 7 heteroatoms. The lowest BCUT2D eigenvalue weighted by molar-refractivity contribution is 0.102. The van der Waals surface area contributed by atoms with Crippen LogP contribution in [0.2, 0.25) is 0 Å². The van der Waals surface area contributed by atoms with Crippen LogP contribution >= 0.6 is 0 Å². The Labute approximate surface area is 218 Å². The van der Waals surface area contributed by atoms with Gasteiger partial charge >= 0.3 is 0 Å². The molecule has 0 radical (unpaired) electrons. The molecule has 2 aromatic carbocycles. The highest BCUT2D eigenvalue weighted by Gasteiger charge is 2.12. The minimum absolute atomic E-state index is 0.0852. The van der Waals surface area contributed by atoms with Crippen LogP contribution in [0.25, 0.3) is 0 Å². The van der Waals surface area contributed by atoms with Crippen LogP contribution in [0.5, 0.6) is 5.75 Å². The third-order valence-electron chi connectivity index (χ3n) is 5.58. The Morgan fingerprint density at radius 2 is 1.97 bits per heavy atom. The summed E-state index contributed by atoms with van der Waals surface area (Å²) in [7, 11) is 1.58. The summed E-state index contributed by atoms with van der Waals surface area (Å²) >= 11 is 0. The number of aliphatic imine (C=N–C) groups is 1.